The summed E-state index contributed by atoms with van der Waals surface area (Å²) in [5.74, 6) is -1.89. The first-order chi connectivity index (χ1) is 23.0. The Morgan fingerprint density at radius 2 is 1.43 bits per heavy atom. The van der Waals surface area contributed by atoms with Gasteiger partial charge >= 0.3 is 11.9 Å². The molecule has 49 heavy (non-hydrogen) atoms. The number of aliphatic imine (C=N–C) groups is 1. The number of hydrogen-bond donors (Lipinski definition) is 8. The van der Waals surface area contributed by atoms with Crippen LogP contribution in [0.3, 0.4) is 0 Å². The molecule has 0 amide bonds. The van der Waals surface area contributed by atoms with Crippen LogP contribution in [0.1, 0.15) is 31.9 Å². The zero-order valence-electron chi connectivity index (χ0n) is 28.2. The lowest BCUT2D eigenvalue weighted by Gasteiger charge is -2.11. The van der Waals surface area contributed by atoms with Crippen molar-refractivity contribution >= 4 is 59.6 Å². The molecule has 4 aromatic rings. The van der Waals surface area contributed by atoms with Gasteiger partial charge in [-0.15, -0.1) is 0 Å². The van der Waals surface area contributed by atoms with Gasteiger partial charge in [0, 0.05) is 53.6 Å². The maximum atomic E-state index is 11.9. The molecule has 15 nitrogen and oxygen atoms in total. The zero-order chi connectivity index (χ0) is 37.4. The molecule has 18 heteroatoms. The Kier molecular flexibility index (Phi) is 17.4. The smallest absolute Gasteiger partial charge is 0.321 e. The van der Waals surface area contributed by atoms with Crippen LogP contribution in [-0.4, -0.2) is 102 Å². The van der Waals surface area contributed by atoms with E-state index in [0.29, 0.717) is 24.0 Å². The summed E-state index contributed by atoms with van der Waals surface area (Å²) < 4.78 is 59.8. The number of nitrogens with zero attached hydrogens (tertiary/aromatic N) is 1. The Balaban J connectivity index is 0.000000724. The Morgan fingerprint density at radius 3 is 1.92 bits per heavy atom. The lowest BCUT2D eigenvalue weighted by molar-refractivity contribution is -0.140. The number of aromatic amines is 2. The summed E-state index contributed by atoms with van der Waals surface area (Å²) in [4.78, 5) is 31.8. The molecule has 9 N–H and O–H groups in total. The topological polar surface area (TPSA) is 249 Å². The third-order valence-corrected chi connectivity index (χ3v) is 8.41. The fourth-order valence-electron chi connectivity index (χ4n) is 4.50. The number of halogens is 1. The van der Waals surface area contributed by atoms with Crippen molar-refractivity contribution < 1.29 is 41.4 Å². The van der Waals surface area contributed by atoms with Crippen molar-refractivity contribution in [2.45, 2.75) is 50.7 Å². The number of carbonyl (C=O) groups is 2. The number of rotatable bonds is 12. The maximum absolute atomic E-state index is 11.9. The van der Waals surface area contributed by atoms with E-state index in [-0.39, 0.29) is 24.8 Å². The lowest BCUT2D eigenvalue weighted by atomic mass is 10.1. The summed E-state index contributed by atoms with van der Waals surface area (Å²) in [5.41, 5.74) is 8.46. The van der Waals surface area contributed by atoms with E-state index in [4.69, 9.17) is 20.7 Å². The van der Waals surface area contributed by atoms with Gasteiger partial charge in [0.1, 0.15) is 17.1 Å². The number of aromatic nitrogens is 2. The first-order valence-electron chi connectivity index (χ1n) is 14.8. The first-order valence-corrected chi connectivity index (χ1v) is 18.2. The molecule has 0 bridgehead atoms. The quantitative estimate of drug-likeness (QED) is 0.0775. The summed E-state index contributed by atoms with van der Waals surface area (Å²) in [6, 6.07) is 13.6. The van der Waals surface area contributed by atoms with Crippen LogP contribution in [0, 0.1) is 0 Å². The third-order valence-electron chi connectivity index (χ3n) is 6.74. The van der Waals surface area contributed by atoms with E-state index < -0.39 is 43.9 Å². The Bertz CT molecular complexity index is 1920. The lowest BCUT2D eigenvalue weighted by Crippen LogP contribution is -2.36. The number of nitrogens with one attached hydrogen (secondary N) is 5. The third kappa shape index (κ3) is 13.9. The number of aliphatic carboxylic acids is 2. The van der Waals surface area contributed by atoms with Crippen LogP contribution in [0.5, 0.6) is 0 Å². The molecular weight excluding hydrogens is 682 g/mol. The van der Waals surface area contributed by atoms with Crippen molar-refractivity contribution in [3.63, 3.8) is 0 Å². The van der Waals surface area contributed by atoms with Gasteiger partial charge in [-0.25, -0.2) is 16.8 Å². The molecule has 0 fully saturated rings. The van der Waals surface area contributed by atoms with Crippen LogP contribution in [0.15, 0.2) is 64.7 Å². The first kappa shape index (κ1) is 42.5. The molecule has 0 radical (unpaired) electrons. The molecule has 2 aromatic carbocycles. The van der Waals surface area contributed by atoms with Crippen molar-refractivity contribution in [3.05, 3.63) is 65.9 Å². The molecule has 4 rings (SSSR count). The number of likely N-dealkylation sites (N-methyl/N-ethyl adjacent to an activating group) is 2. The van der Waals surface area contributed by atoms with Gasteiger partial charge in [-0.05, 0) is 43.8 Å². The second kappa shape index (κ2) is 20.1. The molecule has 2 atom stereocenters. The van der Waals surface area contributed by atoms with E-state index in [1.165, 1.54) is 7.05 Å². The SMILES string of the molecule is C.CCCN=C(N)NS(C)(=O)=O.CNC(Cc1c(S(C)(=O)=O)[nH]c2ccccc12)C(=O)O.CNC(Cc1c[nH]c2ccccc12)C(=O)O.[3H]F. The van der Waals surface area contributed by atoms with E-state index in [1.807, 2.05) is 37.4 Å². The Labute approximate surface area is 287 Å². The molecule has 2 aromatic heterocycles. The summed E-state index contributed by atoms with van der Waals surface area (Å²) in [7, 11) is -3.51. The predicted molar refractivity (Wildman–Crippen MR) is 192 cm³/mol. The minimum Gasteiger partial charge on any atom is -0.480 e. The number of H-pyrrole nitrogens is 2. The van der Waals surface area contributed by atoms with E-state index >= 15 is 0 Å². The van der Waals surface area contributed by atoms with Crippen molar-refractivity contribution in [1.82, 2.24) is 25.3 Å². The standard InChI is InChI=1S/C13H16N2O4S.C12H14N2O2.C5H13N3O2S.CH4.FH/c1-14-11(13(16)17)7-9-8-5-3-4-6-10(8)15-12(9)20(2,18)19;1-13-11(12(15)16)6-8-7-14-10-5-3-2-4-9(8)10;1-3-4-7-5(6)8-11(2,9)10;;/h3-6,11,14-15H,7H2,1-2H3,(H,16,17);2-5,7,11,13-14H,6H2,1H3,(H,15,16);3-4H2,1-2H3,(H3,6,7,8);1H4;1H/i/hT. The number of nitrogens with two attached hydrogens (primary N) is 1. The summed E-state index contributed by atoms with van der Waals surface area (Å²) in [6.07, 6.45) is 5.43. The van der Waals surface area contributed by atoms with Gasteiger partial charge in [0.05, 0.1) is 6.26 Å². The van der Waals surface area contributed by atoms with Crippen molar-refractivity contribution in [1.29, 1.82) is 1.45 Å². The van der Waals surface area contributed by atoms with E-state index in [9.17, 15) is 26.4 Å². The number of carboxylic acids is 2. The van der Waals surface area contributed by atoms with E-state index in [0.717, 1.165) is 40.8 Å². The second-order valence-corrected chi connectivity index (χ2v) is 14.2. The van der Waals surface area contributed by atoms with Gasteiger partial charge in [0.25, 0.3) is 1.45 Å². The number of benzene rings is 2. The highest BCUT2D eigenvalue weighted by atomic mass is 32.2. The molecule has 274 valence electrons. The number of sulfonamides is 1. The van der Waals surface area contributed by atoms with Crippen LogP contribution < -0.4 is 21.1 Å². The predicted octanol–water partition coefficient (Wildman–Crippen LogP) is 2.22. The van der Waals surface area contributed by atoms with Gasteiger partial charge in [0.15, 0.2) is 9.84 Å². The Morgan fingerprint density at radius 1 is 0.918 bits per heavy atom. The van der Waals surface area contributed by atoms with E-state index in [2.05, 4.69) is 31.8 Å². The van der Waals surface area contributed by atoms with Gasteiger partial charge in [-0.2, -0.15) is 0 Å². The molecule has 0 spiro atoms. The van der Waals surface area contributed by atoms with Crippen LogP contribution in [-0.2, 0) is 42.3 Å². The van der Waals surface area contributed by atoms with Gasteiger partial charge in [-0.3, -0.25) is 24.0 Å². The molecule has 0 saturated carbocycles. The minimum atomic E-state index is -3.45. The largest absolute Gasteiger partial charge is 0.480 e. The number of carboxylic acid groups (broad SMARTS) is 2. The average molecular weight is 732 g/mol. The summed E-state index contributed by atoms with van der Waals surface area (Å²) >= 11 is 0. The van der Waals surface area contributed by atoms with Gasteiger partial charge < -0.3 is 36.5 Å². The minimum absolute atomic E-state index is 0. The van der Waals surface area contributed by atoms with Crippen LogP contribution in [0.2, 0.25) is 0 Å². The molecule has 2 heterocycles. The fraction of sp³-hybridized carbons (Fsp3) is 0.387. The highest BCUT2D eigenvalue weighted by molar-refractivity contribution is 7.90. The molecular formula is C31H48FN7O8S2. The number of para-hydroxylation sites is 2. The fourth-order valence-corrected chi connectivity index (χ4v) is 5.88. The van der Waals surface area contributed by atoms with Crippen LogP contribution in [0.25, 0.3) is 21.8 Å². The number of fused-ring (bicyclic) bond motifs is 2. The molecule has 0 aliphatic rings. The van der Waals surface area contributed by atoms with E-state index in [1.54, 1.807) is 31.3 Å². The summed E-state index contributed by atoms with van der Waals surface area (Å²) in [5, 5.41) is 25.5. The van der Waals surface area contributed by atoms with Crippen LogP contribution >= 0.6 is 0 Å². The van der Waals surface area contributed by atoms with Gasteiger partial charge in [0.2, 0.25) is 16.0 Å². The monoisotopic (exact) mass is 731 g/mol. The number of guanidine groups is 1. The zero-order valence-corrected chi connectivity index (χ0v) is 28.9. The molecule has 0 aliphatic heterocycles. The normalized spacial score (nSPS) is 12.8. The summed E-state index contributed by atoms with van der Waals surface area (Å²) in [6.45, 7) is 2.46. The highest BCUT2D eigenvalue weighted by Crippen LogP contribution is 2.27. The van der Waals surface area contributed by atoms with Crippen molar-refractivity contribution in [2.75, 3.05) is 33.2 Å². The van der Waals surface area contributed by atoms with Crippen molar-refractivity contribution in [3.8, 4) is 0 Å². The molecule has 2 unspecified atom stereocenters. The maximum Gasteiger partial charge on any atom is 0.321 e. The van der Waals surface area contributed by atoms with Crippen molar-refractivity contribution in [2.24, 2.45) is 10.7 Å². The Hall–Kier alpha value is -4.52. The number of sulfone groups is 1. The number of hydrogen-bond acceptors (Lipinski definition) is 9. The highest BCUT2D eigenvalue weighted by Gasteiger charge is 2.24. The molecule has 0 saturated heterocycles. The second-order valence-electron chi connectivity index (χ2n) is 10.5. The average Bonchev–Trinajstić information content (AvgIpc) is 3.63. The molecule has 0 aliphatic carbocycles. The van der Waals surface area contributed by atoms with Gasteiger partial charge in [-0.1, -0.05) is 50.7 Å². The van der Waals surface area contributed by atoms with Crippen LogP contribution in [0.4, 0.5) is 4.72 Å².